The van der Waals surface area contributed by atoms with E-state index in [0.717, 1.165) is 43.3 Å². The summed E-state index contributed by atoms with van der Waals surface area (Å²) in [4.78, 5) is 18.8. The quantitative estimate of drug-likeness (QED) is 0.460. The number of amides is 1. The largest absolute Gasteiger partial charge is 0.357 e. The molecule has 2 rings (SSSR count). The van der Waals surface area contributed by atoms with Crippen molar-refractivity contribution in [2.45, 2.75) is 52.5 Å². The number of nitrogens with one attached hydrogen (secondary N) is 3. The first-order chi connectivity index (χ1) is 13.2. The molecular formula is C21H35N5O. The van der Waals surface area contributed by atoms with Crippen molar-refractivity contribution in [2.75, 3.05) is 38.0 Å². The van der Waals surface area contributed by atoms with Crippen molar-refractivity contribution in [3.05, 3.63) is 29.8 Å². The number of aliphatic imine (C=N–C) groups is 1. The van der Waals surface area contributed by atoms with Gasteiger partial charge in [-0.05, 0) is 57.0 Å². The summed E-state index contributed by atoms with van der Waals surface area (Å²) in [7, 11) is 0. The van der Waals surface area contributed by atoms with E-state index in [1.165, 1.54) is 32.4 Å². The molecule has 1 saturated heterocycles. The Bertz CT molecular complexity index is 579. The van der Waals surface area contributed by atoms with Crippen molar-refractivity contribution in [1.82, 2.24) is 15.5 Å². The van der Waals surface area contributed by atoms with Crippen LogP contribution in [0, 0.1) is 0 Å². The zero-order chi connectivity index (χ0) is 19.3. The van der Waals surface area contributed by atoms with Gasteiger partial charge in [0.1, 0.15) is 0 Å². The molecule has 6 heteroatoms. The molecule has 1 aliphatic rings. The summed E-state index contributed by atoms with van der Waals surface area (Å²) < 4.78 is 0. The summed E-state index contributed by atoms with van der Waals surface area (Å²) in [6.07, 6.45) is 5.43. The van der Waals surface area contributed by atoms with Crippen LogP contribution in [0.5, 0.6) is 0 Å². The maximum Gasteiger partial charge on any atom is 0.224 e. The van der Waals surface area contributed by atoms with E-state index in [2.05, 4.69) is 32.8 Å². The van der Waals surface area contributed by atoms with Crippen molar-refractivity contribution >= 4 is 17.6 Å². The van der Waals surface area contributed by atoms with Gasteiger partial charge in [0.05, 0.1) is 6.54 Å². The molecule has 3 N–H and O–H groups in total. The first kappa shape index (κ1) is 21.2. The van der Waals surface area contributed by atoms with Gasteiger partial charge in [-0.25, -0.2) is 4.99 Å². The molecular weight excluding hydrogens is 338 g/mol. The van der Waals surface area contributed by atoms with Gasteiger partial charge in [-0.3, -0.25) is 4.79 Å². The fourth-order valence-electron chi connectivity index (χ4n) is 3.17. The Balaban J connectivity index is 1.79. The molecule has 0 spiro atoms. The van der Waals surface area contributed by atoms with Crippen LogP contribution in [0.1, 0.15) is 51.5 Å². The number of guanidine groups is 1. The number of carbonyl (C=O) groups is 1. The molecule has 0 unspecified atom stereocenters. The highest BCUT2D eigenvalue weighted by molar-refractivity contribution is 5.90. The number of carbonyl (C=O) groups excluding carboxylic acids is 1. The number of piperidine rings is 1. The van der Waals surface area contributed by atoms with Crippen molar-refractivity contribution in [1.29, 1.82) is 0 Å². The first-order valence-electron chi connectivity index (χ1n) is 10.3. The third-order valence-corrected chi connectivity index (χ3v) is 4.65. The normalized spacial score (nSPS) is 15.4. The number of hydrogen-bond acceptors (Lipinski definition) is 3. The minimum Gasteiger partial charge on any atom is -0.357 e. The molecule has 1 aromatic rings. The van der Waals surface area contributed by atoms with E-state index in [9.17, 15) is 4.79 Å². The molecule has 1 amide bonds. The van der Waals surface area contributed by atoms with Crippen molar-refractivity contribution < 1.29 is 4.79 Å². The summed E-state index contributed by atoms with van der Waals surface area (Å²) in [5, 5.41) is 9.65. The lowest BCUT2D eigenvalue weighted by atomic mass is 10.1. The number of rotatable bonds is 9. The molecule has 27 heavy (non-hydrogen) atoms. The molecule has 150 valence electrons. The molecule has 1 fully saturated rings. The number of hydrogen-bond donors (Lipinski definition) is 3. The average Bonchev–Trinajstić information content (AvgIpc) is 2.68. The molecule has 6 nitrogen and oxygen atoms in total. The van der Waals surface area contributed by atoms with Gasteiger partial charge in [0.15, 0.2) is 5.96 Å². The summed E-state index contributed by atoms with van der Waals surface area (Å²) in [5.41, 5.74) is 1.96. The van der Waals surface area contributed by atoms with Crippen LogP contribution >= 0.6 is 0 Å². The minimum atomic E-state index is 0.0654. The van der Waals surface area contributed by atoms with Gasteiger partial charge in [-0.2, -0.15) is 0 Å². The molecule has 0 radical (unpaired) electrons. The summed E-state index contributed by atoms with van der Waals surface area (Å²) in [6, 6.07) is 7.91. The zero-order valence-corrected chi connectivity index (χ0v) is 16.9. The van der Waals surface area contributed by atoms with Gasteiger partial charge in [0.2, 0.25) is 5.91 Å². The van der Waals surface area contributed by atoms with Crippen LogP contribution in [0.3, 0.4) is 0 Å². The van der Waals surface area contributed by atoms with E-state index in [1.54, 1.807) is 0 Å². The second kappa shape index (κ2) is 12.3. The summed E-state index contributed by atoms with van der Waals surface area (Å²) in [5.74, 6) is 0.922. The van der Waals surface area contributed by atoms with Gasteiger partial charge in [0.25, 0.3) is 0 Å². The van der Waals surface area contributed by atoms with Gasteiger partial charge in [-0.1, -0.05) is 25.5 Å². The number of anilines is 1. The Hall–Kier alpha value is -2.08. The van der Waals surface area contributed by atoms with E-state index < -0.39 is 0 Å². The Morgan fingerprint density at radius 1 is 1.07 bits per heavy atom. The number of likely N-dealkylation sites (tertiary alicyclic amines) is 1. The van der Waals surface area contributed by atoms with Gasteiger partial charge < -0.3 is 20.9 Å². The summed E-state index contributed by atoms with van der Waals surface area (Å²) >= 11 is 0. The maximum atomic E-state index is 11.6. The molecule has 0 saturated carbocycles. The monoisotopic (exact) mass is 373 g/mol. The van der Waals surface area contributed by atoms with Crippen LogP contribution in [0.25, 0.3) is 0 Å². The molecule has 1 aromatic carbocycles. The smallest absolute Gasteiger partial charge is 0.224 e. The van der Waals surface area contributed by atoms with Crippen LogP contribution in [-0.2, 0) is 11.3 Å². The fourth-order valence-corrected chi connectivity index (χ4v) is 3.17. The third kappa shape index (κ3) is 8.43. The second-order valence-corrected chi connectivity index (χ2v) is 7.02. The van der Waals surface area contributed by atoms with Crippen molar-refractivity contribution in [3.8, 4) is 0 Å². The van der Waals surface area contributed by atoms with Gasteiger partial charge >= 0.3 is 0 Å². The fraction of sp³-hybridized carbons (Fsp3) is 0.619. The zero-order valence-electron chi connectivity index (χ0n) is 16.9. The highest BCUT2D eigenvalue weighted by Gasteiger charge is 2.09. The van der Waals surface area contributed by atoms with E-state index in [4.69, 9.17) is 0 Å². The van der Waals surface area contributed by atoms with Crippen LogP contribution in [0.15, 0.2) is 29.3 Å². The lowest BCUT2D eigenvalue weighted by Crippen LogP contribution is -2.42. The Labute approximate surface area is 163 Å². The molecule has 1 aliphatic heterocycles. The average molecular weight is 374 g/mol. The standard InChI is InChI=1S/C21H35N5O/c1-3-8-20(27)25-19-11-9-18(10-12-19)17-24-21(22-4-2)23-13-16-26-14-6-5-7-15-26/h9-12H,3-8,13-17H2,1-2H3,(H,25,27)(H2,22,23,24). The molecule has 0 aliphatic carbocycles. The topological polar surface area (TPSA) is 68.8 Å². The van der Waals surface area contributed by atoms with Crippen LogP contribution in [-0.4, -0.2) is 49.5 Å². The predicted molar refractivity (Wildman–Crippen MR) is 113 cm³/mol. The van der Waals surface area contributed by atoms with Crippen molar-refractivity contribution in [2.24, 2.45) is 4.99 Å². The van der Waals surface area contributed by atoms with Crippen LogP contribution in [0.2, 0.25) is 0 Å². The van der Waals surface area contributed by atoms with E-state index in [-0.39, 0.29) is 5.91 Å². The SMILES string of the molecule is CCCC(=O)Nc1ccc(CN=C(NCC)NCCN2CCCCC2)cc1. The Morgan fingerprint density at radius 2 is 1.81 bits per heavy atom. The lowest BCUT2D eigenvalue weighted by molar-refractivity contribution is -0.116. The van der Waals surface area contributed by atoms with Gasteiger partial charge in [-0.15, -0.1) is 0 Å². The van der Waals surface area contributed by atoms with E-state index in [1.807, 2.05) is 31.2 Å². The molecule has 0 aromatic heterocycles. The predicted octanol–water partition coefficient (Wildman–Crippen LogP) is 2.97. The van der Waals surface area contributed by atoms with Crippen molar-refractivity contribution in [3.63, 3.8) is 0 Å². The van der Waals surface area contributed by atoms with Crippen LogP contribution < -0.4 is 16.0 Å². The minimum absolute atomic E-state index is 0.0654. The van der Waals surface area contributed by atoms with Gasteiger partial charge in [0, 0.05) is 31.7 Å². The third-order valence-electron chi connectivity index (χ3n) is 4.65. The number of nitrogens with zero attached hydrogens (tertiary/aromatic N) is 2. The number of benzene rings is 1. The maximum absolute atomic E-state index is 11.6. The Kier molecular flexibility index (Phi) is 9.69. The molecule has 1 heterocycles. The molecule has 0 bridgehead atoms. The van der Waals surface area contributed by atoms with Crippen LogP contribution in [0.4, 0.5) is 5.69 Å². The second-order valence-electron chi connectivity index (χ2n) is 7.02. The van der Waals surface area contributed by atoms with E-state index in [0.29, 0.717) is 13.0 Å². The highest BCUT2D eigenvalue weighted by Crippen LogP contribution is 2.11. The Morgan fingerprint density at radius 3 is 2.48 bits per heavy atom. The lowest BCUT2D eigenvalue weighted by Gasteiger charge is -2.26. The summed E-state index contributed by atoms with van der Waals surface area (Å²) in [6.45, 7) is 9.96. The van der Waals surface area contributed by atoms with E-state index >= 15 is 0 Å². The molecule has 0 atom stereocenters. The first-order valence-corrected chi connectivity index (χ1v) is 10.3. The highest BCUT2D eigenvalue weighted by atomic mass is 16.1.